The third-order valence-electron chi connectivity index (χ3n) is 5.48. The van der Waals surface area contributed by atoms with Gasteiger partial charge in [0.05, 0.1) is 6.04 Å². The predicted molar refractivity (Wildman–Crippen MR) is 112 cm³/mol. The maximum absolute atomic E-state index is 12.5. The second-order valence-electron chi connectivity index (χ2n) is 8.56. The molecule has 0 saturated carbocycles. The summed E-state index contributed by atoms with van der Waals surface area (Å²) in [5, 5.41) is 3.16. The van der Waals surface area contributed by atoms with Gasteiger partial charge in [0.1, 0.15) is 0 Å². The molecular formula is C24H32N2O. The average Bonchev–Trinajstić information content (AvgIpc) is 2.69. The number of carbonyl (C=O) groups is 1. The van der Waals surface area contributed by atoms with Crippen molar-refractivity contribution >= 4 is 5.91 Å². The van der Waals surface area contributed by atoms with E-state index in [1.807, 2.05) is 30.3 Å². The SMILES string of the molecule is CC(C)(C)c1ccc([C@@H](CNC(=O)c2ccccc2)N2CCCCC2)cc1. The van der Waals surface area contributed by atoms with Crippen molar-refractivity contribution in [3.63, 3.8) is 0 Å². The number of amides is 1. The van der Waals surface area contributed by atoms with Crippen molar-refractivity contribution in [1.82, 2.24) is 10.2 Å². The largest absolute Gasteiger partial charge is 0.350 e. The molecule has 1 atom stereocenters. The van der Waals surface area contributed by atoms with E-state index in [0.29, 0.717) is 6.54 Å². The van der Waals surface area contributed by atoms with Crippen LogP contribution in [0.2, 0.25) is 0 Å². The number of benzene rings is 2. The number of likely N-dealkylation sites (tertiary alicyclic amines) is 1. The lowest BCUT2D eigenvalue weighted by molar-refractivity contribution is 0.0924. The first-order valence-electron chi connectivity index (χ1n) is 10.1. The van der Waals surface area contributed by atoms with Crippen LogP contribution in [0.25, 0.3) is 0 Å². The third-order valence-corrected chi connectivity index (χ3v) is 5.48. The predicted octanol–water partition coefficient (Wildman–Crippen LogP) is 4.94. The highest BCUT2D eigenvalue weighted by molar-refractivity contribution is 5.94. The van der Waals surface area contributed by atoms with Gasteiger partial charge >= 0.3 is 0 Å². The molecule has 0 aliphatic carbocycles. The highest BCUT2D eigenvalue weighted by atomic mass is 16.1. The molecule has 27 heavy (non-hydrogen) atoms. The zero-order chi connectivity index (χ0) is 19.3. The summed E-state index contributed by atoms with van der Waals surface area (Å²) in [4.78, 5) is 15.0. The van der Waals surface area contributed by atoms with Gasteiger partial charge in [-0.25, -0.2) is 0 Å². The molecule has 1 heterocycles. The van der Waals surface area contributed by atoms with Crippen molar-refractivity contribution in [3.8, 4) is 0 Å². The molecule has 3 rings (SSSR count). The fraction of sp³-hybridized carbons (Fsp3) is 0.458. The molecule has 144 valence electrons. The van der Waals surface area contributed by atoms with Crippen LogP contribution in [0, 0.1) is 0 Å². The summed E-state index contributed by atoms with van der Waals surface area (Å²) in [6.45, 7) is 9.57. The van der Waals surface area contributed by atoms with E-state index < -0.39 is 0 Å². The number of nitrogens with zero attached hydrogens (tertiary/aromatic N) is 1. The standard InChI is InChI=1S/C24H32N2O/c1-24(2,3)21-14-12-19(13-15-21)22(26-16-8-5-9-17-26)18-25-23(27)20-10-6-4-7-11-20/h4,6-7,10-15,22H,5,8-9,16-18H2,1-3H3,(H,25,27)/t22-/m1/s1. The Kier molecular flexibility index (Phi) is 6.33. The molecule has 0 unspecified atom stereocenters. The minimum Gasteiger partial charge on any atom is -0.350 e. The summed E-state index contributed by atoms with van der Waals surface area (Å²) in [6, 6.07) is 18.7. The fourth-order valence-electron chi connectivity index (χ4n) is 3.77. The van der Waals surface area contributed by atoms with Gasteiger partial charge in [-0.3, -0.25) is 9.69 Å². The Morgan fingerprint density at radius 3 is 2.19 bits per heavy atom. The number of nitrogens with one attached hydrogen (secondary N) is 1. The molecule has 0 aromatic heterocycles. The van der Waals surface area contributed by atoms with E-state index in [1.165, 1.54) is 30.4 Å². The fourth-order valence-corrected chi connectivity index (χ4v) is 3.77. The van der Waals surface area contributed by atoms with Crippen molar-refractivity contribution in [1.29, 1.82) is 0 Å². The maximum Gasteiger partial charge on any atom is 0.251 e. The minimum atomic E-state index is 0.00363. The molecule has 0 bridgehead atoms. The summed E-state index contributed by atoms with van der Waals surface area (Å²) in [5.41, 5.74) is 3.51. The molecule has 2 aromatic rings. The van der Waals surface area contributed by atoms with Gasteiger partial charge in [-0.05, 0) is 54.6 Å². The van der Waals surface area contributed by atoms with Gasteiger partial charge in [-0.2, -0.15) is 0 Å². The van der Waals surface area contributed by atoms with Crippen LogP contribution in [0.15, 0.2) is 54.6 Å². The lowest BCUT2D eigenvalue weighted by Gasteiger charge is -2.35. The Hall–Kier alpha value is -2.13. The molecule has 1 fully saturated rings. The first kappa shape index (κ1) is 19.6. The molecular weight excluding hydrogens is 332 g/mol. The van der Waals surface area contributed by atoms with E-state index in [2.05, 4.69) is 55.3 Å². The number of hydrogen-bond acceptors (Lipinski definition) is 2. The van der Waals surface area contributed by atoms with Gasteiger partial charge < -0.3 is 5.32 Å². The summed E-state index contributed by atoms with van der Waals surface area (Å²) < 4.78 is 0. The number of rotatable bonds is 5. The average molecular weight is 365 g/mol. The van der Waals surface area contributed by atoms with E-state index in [1.54, 1.807) is 0 Å². The van der Waals surface area contributed by atoms with Crippen LogP contribution in [0.4, 0.5) is 0 Å². The number of piperidine rings is 1. The van der Waals surface area contributed by atoms with Crippen molar-refractivity contribution in [2.45, 2.75) is 51.5 Å². The topological polar surface area (TPSA) is 32.3 Å². The van der Waals surface area contributed by atoms with Crippen molar-refractivity contribution in [2.24, 2.45) is 0 Å². The summed E-state index contributed by atoms with van der Waals surface area (Å²) >= 11 is 0. The van der Waals surface area contributed by atoms with Gasteiger partial charge in [0.25, 0.3) is 5.91 Å². The zero-order valence-corrected chi connectivity index (χ0v) is 16.9. The second kappa shape index (κ2) is 8.71. The van der Waals surface area contributed by atoms with Gasteiger partial charge in [-0.1, -0.05) is 69.7 Å². The Bertz CT molecular complexity index is 725. The smallest absolute Gasteiger partial charge is 0.251 e. The molecule has 1 saturated heterocycles. The molecule has 1 aliphatic rings. The molecule has 3 nitrogen and oxygen atoms in total. The van der Waals surface area contributed by atoms with Crippen LogP contribution in [0.3, 0.4) is 0 Å². The van der Waals surface area contributed by atoms with E-state index in [-0.39, 0.29) is 17.4 Å². The van der Waals surface area contributed by atoms with Crippen LogP contribution < -0.4 is 5.32 Å². The molecule has 3 heteroatoms. The number of carbonyl (C=O) groups excluding carboxylic acids is 1. The molecule has 0 radical (unpaired) electrons. The molecule has 2 aromatic carbocycles. The lowest BCUT2D eigenvalue weighted by Crippen LogP contribution is -2.40. The Morgan fingerprint density at radius 2 is 1.59 bits per heavy atom. The molecule has 1 N–H and O–H groups in total. The normalized spacial score (nSPS) is 16.7. The van der Waals surface area contributed by atoms with Crippen LogP contribution in [-0.2, 0) is 5.41 Å². The van der Waals surface area contributed by atoms with Crippen molar-refractivity contribution in [3.05, 3.63) is 71.3 Å². The van der Waals surface area contributed by atoms with Crippen molar-refractivity contribution in [2.75, 3.05) is 19.6 Å². The molecule has 1 amide bonds. The monoisotopic (exact) mass is 364 g/mol. The molecule has 1 aliphatic heterocycles. The van der Waals surface area contributed by atoms with Crippen LogP contribution >= 0.6 is 0 Å². The lowest BCUT2D eigenvalue weighted by atomic mass is 9.86. The van der Waals surface area contributed by atoms with Crippen LogP contribution in [0.5, 0.6) is 0 Å². The Labute approximate surface area is 163 Å². The van der Waals surface area contributed by atoms with Crippen LogP contribution in [-0.4, -0.2) is 30.4 Å². The minimum absolute atomic E-state index is 0.00363. The van der Waals surface area contributed by atoms with Crippen molar-refractivity contribution < 1.29 is 4.79 Å². The highest BCUT2D eigenvalue weighted by Crippen LogP contribution is 2.28. The van der Waals surface area contributed by atoms with Crippen LogP contribution in [0.1, 0.15) is 67.6 Å². The third kappa shape index (κ3) is 5.20. The zero-order valence-electron chi connectivity index (χ0n) is 16.9. The van der Waals surface area contributed by atoms with E-state index in [9.17, 15) is 4.79 Å². The maximum atomic E-state index is 12.5. The first-order valence-corrected chi connectivity index (χ1v) is 10.1. The second-order valence-corrected chi connectivity index (χ2v) is 8.56. The van der Waals surface area contributed by atoms with Gasteiger partial charge in [0, 0.05) is 12.1 Å². The Morgan fingerprint density at radius 1 is 0.963 bits per heavy atom. The van der Waals surface area contributed by atoms with E-state index >= 15 is 0 Å². The van der Waals surface area contributed by atoms with E-state index in [4.69, 9.17) is 0 Å². The highest BCUT2D eigenvalue weighted by Gasteiger charge is 2.24. The molecule has 0 spiro atoms. The first-order chi connectivity index (χ1) is 12.9. The number of hydrogen-bond donors (Lipinski definition) is 1. The quantitative estimate of drug-likeness (QED) is 0.815. The van der Waals surface area contributed by atoms with Gasteiger partial charge in [0.2, 0.25) is 0 Å². The Balaban J connectivity index is 1.75. The summed E-state index contributed by atoms with van der Waals surface area (Å²) in [5.74, 6) is 0.00363. The van der Waals surface area contributed by atoms with E-state index in [0.717, 1.165) is 18.7 Å². The van der Waals surface area contributed by atoms with Gasteiger partial charge in [-0.15, -0.1) is 0 Å². The van der Waals surface area contributed by atoms with Gasteiger partial charge in [0.15, 0.2) is 0 Å². The summed E-state index contributed by atoms with van der Waals surface area (Å²) in [7, 11) is 0. The summed E-state index contributed by atoms with van der Waals surface area (Å²) in [6.07, 6.45) is 3.79.